The summed E-state index contributed by atoms with van der Waals surface area (Å²) in [6, 6.07) is 3.07. The standard InChI is InChI=1S/C28H26ClN7O7/c29-17-10-31-20(34-4-6-41-7-5-34)9-18(17)32-21(37)12-35-11-16(22-27(35)33-19-2-1-3-36(19)28(22)40)14-8-15(26(30)39)23(38)25-24(14)42-13-43-25/h8-11,38H,1-7,12-13H2,(H2,30,39)(H,31,32,37). The molecular weight excluding hydrogens is 582 g/mol. The molecule has 2 amide bonds. The van der Waals surface area contributed by atoms with Gasteiger partial charge in [0.25, 0.3) is 11.5 Å². The van der Waals surface area contributed by atoms with Crippen molar-refractivity contribution < 1.29 is 28.9 Å². The summed E-state index contributed by atoms with van der Waals surface area (Å²) >= 11 is 6.39. The molecule has 1 saturated heterocycles. The lowest BCUT2D eigenvalue weighted by molar-refractivity contribution is -0.116. The molecule has 6 heterocycles. The van der Waals surface area contributed by atoms with Crippen molar-refractivity contribution in [1.82, 2.24) is 19.1 Å². The number of pyridine rings is 1. The smallest absolute Gasteiger partial charge is 0.263 e. The van der Waals surface area contributed by atoms with Gasteiger partial charge in [-0.3, -0.25) is 19.0 Å². The zero-order valence-electron chi connectivity index (χ0n) is 22.8. The fraction of sp³-hybridized carbons (Fsp3) is 0.321. The van der Waals surface area contributed by atoms with Crippen molar-refractivity contribution in [2.75, 3.05) is 43.3 Å². The van der Waals surface area contributed by atoms with Crippen LogP contribution in [-0.2, 0) is 29.0 Å². The molecule has 3 aliphatic heterocycles. The Morgan fingerprint density at radius 2 is 1.91 bits per heavy atom. The van der Waals surface area contributed by atoms with Crippen molar-refractivity contribution >= 4 is 46.0 Å². The highest BCUT2D eigenvalue weighted by Gasteiger charge is 2.31. The summed E-state index contributed by atoms with van der Waals surface area (Å²) in [5.41, 5.74) is 6.37. The molecule has 7 rings (SSSR count). The van der Waals surface area contributed by atoms with Gasteiger partial charge in [-0.25, -0.2) is 9.97 Å². The van der Waals surface area contributed by atoms with Gasteiger partial charge in [0.1, 0.15) is 23.8 Å². The van der Waals surface area contributed by atoms with Crippen LogP contribution in [-0.4, -0.2) is 69.1 Å². The average Bonchev–Trinajstić information content (AvgIpc) is 3.75. The second-order valence-corrected chi connectivity index (χ2v) is 10.8. The maximum Gasteiger partial charge on any atom is 0.263 e. The molecule has 0 bridgehead atoms. The fourth-order valence-electron chi connectivity index (χ4n) is 5.73. The molecule has 3 aliphatic rings. The number of aromatic hydroxyl groups is 1. The number of morpholine rings is 1. The van der Waals surface area contributed by atoms with E-state index in [0.29, 0.717) is 73.4 Å². The number of fused-ring (bicyclic) bond motifs is 3. The van der Waals surface area contributed by atoms with Gasteiger partial charge in [0.2, 0.25) is 18.4 Å². The Bertz CT molecular complexity index is 1880. The Balaban J connectivity index is 1.30. The van der Waals surface area contributed by atoms with E-state index in [4.69, 9.17) is 36.5 Å². The Morgan fingerprint density at radius 3 is 2.70 bits per heavy atom. The molecule has 0 unspecified atom stereocenters. The van der Waals surface area contributed by atoms with Gasteiger partial charge in [0.15, 0.2) is 11.5 Å². The van der Waals surface area contributed by atoms with E-state index in [-0.39, 0.29) is 46.4 Å². The van der Waals surface area contributed by atoms with Crippen molar-refractivity contribution in [3.05, 3.63) is 51.3 Å². The number of ether oxygens (including phenoxy) is 3. The van der Waals surface area contributed by atoms with Crippen molar-refractivity contribution in [1.29, 1.82) is 0 Å². The second-order valence-electron chi connectivity index (χ2n) is 10.4. The number of nitrogens with zero attached hydrogens (tertiary/aromatic N) is 5. The summed E-state index contributed by atoms with van der Waals surface area (Å²) in [4.78, 5) is 50.6. The zero-order chi connectivity index (χ0) is 29.8. The van der Waals surface area contributed by atoms with Crippen molar-refractivity contribution in [2.24, 2.45) is 5.73 Å². The third kappa shape index (κ3) is 4.58. The largest absolute Gasteiger partial charge is 0.504 e. The van der Waals surface area contributed by atoms with Gasteiger partial charge in [0.05, 0.1) is 41.1 Å². The number of nitrogens with two attached hydrogens (primary N) is 1. The van der Waals surface area contributed by atoms with Gasteiger partial charge in [-0.15, -0.1) is 0 Å². The summed E-state index contributed by atoms with van der Waals surface area (Å²) < 4.78 is 19.6. The first-order valence-electron chi connectivity index (χ1n) is 13.7. The van der Waals surface area contributed by atoms with Crippen LogP contribution in [0.4, 0.5) is 11.5 Å². The molecule has 15 heteroatoms. The molecule has 222 valence electrons. The Kier molecular flexibility index (Phi) is 6.58. The SMILES string of the molecule is NC(=O)c1cc(-c2cn(CC(=O)Nc3cc(N4CCOCC4)ncc3Cl)c3nc4n(c(=O)c23)CCC4)c2c(c1O)OCO2. The summed E-state index contributed by atoms with van der Waals surface area (Å²) in [6.07, 6.45) is 4.46. The van der Waals surface area contributed by atoms with Crippen LogP contribution >= 0.6 is 11.6 Å². The van der Waals surface area contributed by atoms with E-state index in [1.165, 1.54) is 12.3 Å². The minimum Gasteiger partial charge on any atom is -0.504 e. The van der Waals surface area contributed by atoms with Crippen molar-refractivity contribution in [3.63, 3.8) is 0 Å². The molecule has 0 spiro atoms. The van der Waals surface area contributed by atoms with E-state index in [2.05, 4.69) is 10.3 Å². The van der Waals surface area contributed by atoms with Gasteiger partial charge >= 0.3 is 0 Å². The minimum absolute atomic E-state index is 0.0532. The molecule has 4 N–H and O–H groups in total. The summed E-state index contributed by atoms with van der Waals surface area (Å²) in [7, 11) is 0. The number of halogens is 1. The molecule has 0 saturated carbocycles. The van der Waals surface area contributed by atoms with E-state index in [1.54, 1.807) is 21.4 Å². The summed E-state index contributed by atoms with van der Waals surface area (Å²) in [6.45, 7) is 2.58. The van der Waals surface area contributed by atoms with Gasteiger partial charge < -0.3 is 39.8 Å². The van der Waals surface area contributed by atoms with E-state index >= 15 is 0 Å². The highest BCUT2D eigenvalue weighted by Crippen LogP contribution is 2.50. The van der Waals surface area contributed by atoms with Crippen LogP contribution in [0.5, 0.6) is 17.2 Å². The van der Waals surface area contributed by atoms with Crippen LogP contribution in [0, 0.1) is 0 Å². The normalized spacial score (nSPS) is 15.6. The molecule has 1 fully saturated rings. The van der Waals surface area contributed by atoms with Crippen LogP contribution in [0.15, 0.2) is 29.3 Å². The van der Waals surface area contributed by atoms with Crippen LogP contribution in [0.1, 0.15) is 22.6 Å². The van der Waals surface area contributed by atoms with E-state index in [1.807, 2.05) is 4.90 Å². The molecule has 0 aliphatic carbocycles. The molecule has 3 aromatic heterocycles. The first kappa shape index (κ1) is 27.0. The molecular formula is C28H26ClN7O7. The van der Waals surface area contributed by atoms with Gasteiger partial charge in [0, 0.05) is 49.4 Å². The molecule has 14 nitrogen and oxygen atoms in total. The van der Waals surface area contributed by atoms with Crippen LogP contribution in [0.3, 0.4) is 0 Å². The average molecular weight is 608 g/mol. The van der Waals surface area contributed by atoms with Gasteiger partial charge in [-0.05, 0) is 12.5 Å². The number of carbonyl (C=O) groups is 2. The summed E-state index contributed by atoms with van der Waals surface area (Å²) in [5.74, 6) is -0.382. The number of phenols is 1. The quantitative estimate of drug-likeness (QED) is 0.293. The van der Waals surface area contributed by atoms with Crippen molar-refractivity contribution in [3.8, 4) is 28.4 Å². The van der Waals surface area contributed by atoms with Gasteiger partial charge in [-0.2, -0.15) is 0 Å². The lowest BCUT2D eigenvalue weighted by Gasteiger charge is -2.28. The number of nitrogens with one attached hydrogen (secondary N) is 1. The lowest BCUT2D eigenvalue weighted by atomic mass is 10.00. The highest BCUT2D eigenvalue weighted by atomic mass is 35.5. The maximum atomic E-state index is 13.8. The van der Waals surface area contributed by atoms with Gasteiger partial charge in [-0.1, -0.05) is 11.6 Å². The third-order valence-electron chi connectivity index (χ3n) is 7.77. The van der Waals surface area contributed by atoms with Crippen LogP contribution < -0.4 is 31.0 Å². The lowest BCUT2D eigenvalue weighted by Crippen LogP contribution is -2.36. The number of carbonyl (C=O) groups excluding carboxylic acids is 2. The number of aryl methyl sites for hydroxylation is 1. The predicted octanol–water partition coefficient (Wildman–Crippen LogP) is 1.87. The number of hydrogen-bond donors (Lipinski definition) is 3. The number of primary amides is 1. The fourth-order valence-corrected chi connectivity index (χ4v) is 5.88. The first-order chi connectivity index (χ1) is 20.8. The number of anilines is 2. The predicted molar refractivity (Wildman–Crippen MR) is 155 cm³/mol. The number of rotatable bonds is 6. The minimum atomic E-state index is -0.887. The first-order valence-corrected chi connectivity index (χ1v) is 14.0. The highest BCUT2D eigenvalue weighted by molar-refractivity contribution is 6.33. The number of amides is 2. The van der Waals surface area contributed by atoms with Crippen LogP contribution in [0.2, 0.25) is 5.02 Å². The van der Waals surface area contributed by atoms with E-state index in [0.717, 1.165) is 6.42 Å². The van der Waals surface area contributed by atoms with Crippen molar-refractivity contribution in [2.45, 2.75) is 25.9 Å². The Morgan fingerprint density at radius 1 is 1.12 bits per heavy atom. The molecule has 1 aromatic carbocycles. The topological polar surface area (TPSA) is 176 Å². The molecule has 43 heavy (non-hydrogen) atoms. The number of hydrogen-bond acceptors (Lipinski definition) is 10. The van der Waals surface area contributed by atoms with E-state index < -0.39 is 17.6 Å². The third-order valence-corrected chi connectivity index (χ3v) is 8.07. The Hall–Kier alpha value is -4.82. The number of benzene rings is 1. The maximum absolute atomic E-state index is 13.8. The Labute approximate surface area is 248 Å². The summed E-state index contributed by atoms with van der Waals surface area (Å²) in [5, 5.41) is 13.9. The zero-order valence-corrected chi connectivity index (χ0v) is 23.5. The number of aromatic nitrogens is 4. The second kappa shape index (κ2) is 10.5. The van der Waals surface area contributed by atoms with E-state index in [9.17, 15) is 19.5 Å². The monoisotopic (exact) mass is 607 g/mol. The molecule has 4 aromatic rings. The molecule has 0 atom stereocenters. The molecule has 0 radical (unpaired) electrons. The van der Waals surface area contributed by atoms with Crippen LogP contribution in [0.25, 0.3) is 22.2 Å².